The third-order valence-corrected chi connectivity index (χ3v) is 0.570. The minimum absolute atomic E-state index is 0.306. The van der Waals surface area contributed by atoms with E-state index in [4.69, 9.17) is 0 Å². The van der Waals surface area contributed by atoms with Crippen LogP contribution in [0.5, 0.6) is 0 Å². The van der Waals surface area contributed by atoms with Crippen LogP contribution in [0.1, 0.15) is 13.8 Å². The Hall–Kier alpha value is -1.18. The predicted octanol–water partition coefficient (Wildman–Crippen LogP) is 1.98. The van der Waals surface area contributed by atoms with Crippen molar-refractivity contribution in [1.82, 2.24) is 0 Å². The third-order valence-electron chi connectivity index (χ3n) is 0.570. The number of rotatable bonds is 3. The third kappa shape index (κ3) is 6.82. The van der Waals surface area contributed by atoms with Crippen LogP contribution in [0.15, 0.2) is 30.4 Å². The fourth-order valence-electron chi connectivity index (χ4n) is 0.237. The molecule has 0 radical (unpaired) electrons. The highest BCUT2D eigenvalue weighted by Gasteiger charge is 1.81. The van der Waals surface area contributed by atoms with Crippen molar-refractivity contribution in [3.63, 3.8) is 0 Å². The zero-order valence-corrected chi connectivity index (χ0v) is 6.50. The molecule has 2 nitrogen and oxygen atoms in total. The van der Waals surface area contributed by atoms with E-state index >= 15 is 0 Å². The largest absolute Gasteiger partial charge is 0.296 e. The standard InChI is InChI=1S/C6H7NO.C2H6/c1-3-6(5-8)7-4-2;1-2/h3-5H,1-2H2;1-2H3. The molecule has 0 rings (SSSR count). The number of hydrogen-bond donors (Lipinski definition) is 0. The summed E-state index contributed by atoms with van der Waals surface area (Å²) in [6, 6.07) is 0. The van der Waals surface area contributed by atoms with Crippen LogP contribution in [0.4, 0.5) is 0 Å². The Labute approximate surface area is 62.0 Å². The van der Waals surface area contributed by atoms with Crippen molar-refractivity contribution < 1.29 is 4.79 Å². The Balaban J connectivity index is 0. The van der Waals surface area contributed by atoms with Gasteiger partial charge in [0, 0.05) is 6.20 Å². The predicted molar refractivity (Wildman–Crippen MR) is 45.2 cm³/mol. The van der Waals surface area contributed by atoms with Crippen molar-refractivity contribution in [3.05, 3.63) is 25.4 Å². The number of aliphatic imine (C=N–C) groups is 1. The number of allylic oxidation sites excluding steroid dienone is 1. The van der Waals surface area contributed by atoms with Crippen LogP contribution >= 0.6 is 0 Å². The first-order valence-corrected chi connectivity index (χ1v) is 3.11. The second-order valence-electron chi connectivity index (χ2n) is 1.06. The van der Waals surface area contributed by atoms with Gasteiger partial charge in [-0.25, -0.2) is 0 Å². The molecule has 0 heterocycles. The molecule has 0 N–H and O–H groups in total. The molecule has 0 aliphatic heterocycles. The fraction of sp³-hybridized carbons (Fsp3) is 0.250. The molecule has 2 heteroatoms. The highest BCUT2D eigenvalue weighted by atomic mass is 16.1. The summed E-state index contributed by atoms with van der Waals surface area (Å²) in [4.78, 5) is 13.4. The number of aldehydes is 1. The number of nitrogens with zero attached hydrogens (tertiary/aromatic N) is 1. The second-order valence-corrected chi connectivity index (χ2v) is 1.06. The molecule has 0 saturated heterocycles. The number of carbonyl (C=O) groups is 1. The zero-order valence-electron chi connectivity index (χ0n) is 6.50. The maximum atomic E-state index is 9.88. The van der Waals surface area contributed by atoms with E-state index < -0.39 is 0 Å². The molecule has 0 aliphatic carbocycles. The monoisotopic (exact) mass is 139 g/mol. The molecule has 0 aliphatic rings. The molecule has 0 bridgehead atoms. The van der Waals surface area contributed by atoms with Gasteiger partial charge in [0.1, 0.15) is 5.71 Å². The van der Waals surface area contributed by atoms with Crippen molar-refractivity contribution in [1.29, 1.82) is 0 Å². The van der Waals surface area contributed by atoms with Gasteiger partial charge in [-0.3, -0.25) is 9.79 Å². The lowest BCUT2D eigenvalue weighted by Crippen LogP contribution is -1.90. The lowest BCUT2D eigenvalue weighted by atomic mass is 10.4. The van der Waals surface area contributed by atoms with Crippen molar-refractivity contribution >= 4 is 12.0 Å². The molecule has 0 aromatic rings. The van der Waals surface area contributed by atoms with Gasteiger partial charge in [-0.2, -0.15) is 0 Å². The number of hydrogen-bond acceptors (Lipinski definition) is 2. The molecule has 0 saturated carbocycles. The maximum Gasteiger partial charge on any atom is 0.168 e. The average molecular weight is 139 g/mol. The minimum Gasteiger partial charge on any atom is -0.296 e. The van der Waals surface area contributed by atoms with E-state index in [1.54, 1.807) is 0 Å². The summed E-state index contributed by atoms with van der Waals surface area (Å²) in [6.07, 6.45) is 3.29. The van der Waals surface area contributed by atoms with E-state index in [0.717, 1.165) is 0 Å². The van der Waals surface area contributed by atoms with E-state index in [1.165, 1.54) is 12.3 Å². The quantitative estimate of drug-likeness (QED) is 0.434. The Morgan fingerprint density at radius 3 is 2.00 bits per heavy atom. The second kappa shape index (κ2) is 10.7. The average Bonchev–Trinajstić information content (AvgIpc) is 2.04. The Morgan fingerprint density at radius 2 is 1.90 bits per heavy atom. The molecule has 10 heavy (non-hydrogen) atoms. The molecule has 0 fully saturated rings. The van der Waals surface area contributed by atoms with Crippen molar-refractivity contribution in [2.45, 2.75) is 13.8 Å². The van der Waals surface area contributed by atoms with E-state index in [9.17, 15) is 4.79 Å². The topological polar surface area (TPSA) is 29.4 Å². The van der Waals surface area contributed by atoms with Crippen molar-refractivity contribution in [3.8, 4) is 0 Å². The van der Waals surface area contributed by atoms with Gasteiger partial charge in [-0.15, -0.1) is 0 Å². The SMILES string of the molecule is C=CN=C(C=C)C=O.CC. The molecular formula is C8H13NO. The summed E-state index contributed by atoms with van der Waals surface area (Å²) >= 11 is 0. The summed E-state index contributed by atoms with van der Waals surface area (Å²) in [5.41, 5.74) is 0.306. The van der Waals surface area contributed by atoms with Crippen LogP contribution in [-0.4, -0.2) is 12.0 Å². The smallest absolute Gasteiger partial charge is 0.168 e. The molecule has 0 atom stereocenters. The highest BCUT2D eigenvalue weighted by molar-refractivity contribution is 6.33. The van der Waals surface area contributed by atoms with Gasteiger partial charge in [0.2, 0.25) is 0 Å². The van der Waals surface area contributed by atoms with Gasteiger partial charge in [-0.1, -0.05) is 27.0 Å². The Bertz CT molecular complexity index is 126. The zero-order chi connectivity index (χ0) is 8.41. The van der Waals surface area contributed by atoms with E-state index in [0.29, 0.717) is 12.0 Å². The summed E-state index contributed by atoms with van der Waals surface area (Å²) in [6.45, 7) is 10.6. The lowest BCUT2D eigenvalue weighted by Gasteiger charge is -1.78. The van der Waals surface area contributed by atoms with Gasteiger partial charge >= 0.3 is 0 Å². The van der Waals surface area contributed by atoms with Crippen LogP contribution < -0.4 is 0 Å². The molecule has 0 aromatic heterocycles. The highest BCUT2D eigenvalue weighted by Crippen LogP contribution is 1.74. The molecule has 56 valence electrons. The van der Waals surface area contributed by atoms with Gasteiger partial charge in [0.15, 0.2) is 6.29 Å². The minimum atomic E-state index is 0.306. The summed E-state index contributed by atoms with van der Waals surface area (Å²) in [7, 11) is 0. The first-order valence-electron chi connectivity index (χ1n) is 3.11. The molecule has 0 unspecified atom stereocenters. The van der Waals surface area contributed by atoms with E-state index in [1.807, 2.05) is 13.8 Å². The van der Waals surface area contributed by atoms with Gasteiger partial charge in [0.25, 0.3) is 0 Å². The van der Waals surface area contributed by atoms with E-state index in [-0.39, 0.29) is 0 Å². The first kappa shape index (κ1) is 11.6. The molecular weight excluding hydrogens is 126 g/mol. The van der Waals surface area contributed by atoms with Gasteiger partial charge in [0.05, 0.1) is 0 Å². The maximum absolute atomic E-state index is 9.88. The van der Waals surface area contributed by atoms with Crippen LogP contribution in [0.3, 0.4) is 0 Å². The molecule has 0 aromatic carbocycles. The summed E-state index contributed by atoms with van der Waals surface area (Å²) < 4.78 is 0. The summed E-state index contributed by atoms with van der Waals surface area (Å²) in [5.74, 6) is 0. The normalized spacial score (nSPS) is 8.80. The summed E-state index contributed by atoms with van der Waals surface area (Å²) in [5, 5.41) is 0. The molecule has 0 amide bonds. The lowest BCUT2D eigenvalue weighted by molar-refractivity contribution is -0.102. The first-order chi connectivity index (χ1) is 4.85. The van der Waals surface area contributed by atoms with Crippen molar-refractivity contribution in [2.75, 3.05) is 0 Å². The Morgan fingerprint density at radius 1 is 1.40 bits per heavy atom. The van der Waals surface area contributed by atoms with Gasteiger partial charge < -0.3 is 0 Å². The van der Waals surface area contributed by atoms with Crippen LogP contribution in [-0.2, 0) is 4.79 Å². The van der Waals surface area contributed by atoms with Crippen LogP contribution in [0, 0.1) is 0 Å². The van der Waals surface area contributed by atoms with E-state index in [2.05, 4.69) is 18.2 Å². The van der Waals surface area contributed by atoms with Crippen LogP contribution in [0.2, 0.25) is 0 Å². The van der Waals surface area contributed by atoms with Gasteiger partial charge in [-0.05, 0) is 6.08 Å². The Kier molecular flexibility index (Phi) is 12.5. The number of carbonyl (C=O) groups excluding carboxylic acids is 1. The molecule has 0 spiro atoms. The fourth-order valence-corrected chi connectivity index (χ4v) is 0.237. The van der Waals surface area contributed by atoms with Crippen molar-refractivity contribution in [2.24, 2.45) is 4.99 Å². The van der Waals surface area contributed by atoms with Crippen LogP contribution in [0.25, 0.3) is 0 Å².